The highest BCUT2D eigenvalue weighted by atomic mass is 16.6. The Hall–Kier alpha value is -1.32. The number of hydrogen-bond acceptors (Lipinski definition) is 3. The molecule has 4 nitrogen and oxygen atoms in total. The minimum absolute atomic E-state index is 0.296. The minimum Gasteiger partial charge on any atom is -0.458 e. The number of amides is 1. The molecule has 0 aromatic rings. The quantitative estimate of drug-likeness (QED) is 0.569. The minimum atomic E-state index is -0.632. The monoisotopic (exact) mass is 213 g/mol. The van der Waals surface area contributed by atoms with Crippen molar-refractivity contribution in [1.29, 1.82) is 0 Å². The average molecular weight is 213 g/mol. The van der Waals surface area contributed by atoms with Gasteiger partial charge in [0.1, 0.15) is 11.6 Å². The molecular weight excluding hydrogens is 194 g/mol. The first-order chi connectivity index (χ1) is 6.76. The molecule has 0 aliphatic carbocycles. The van der Waals surface area contributed by atoms with E-state index in [2.05, 4.69) is 5.32 Å². The molecule has 1 atom stereocenters. The van der Waals surface area contributed by atoms with Crippen LogP contribution in [-0.4, -0.2) is 23.5 Å². The van der Waals surface area contributed by atoms with Gasteiger partial charge in [0.2, 0.25) is 5.91 Å². The van der Waals surface area contributed by atoms with Crippen molar-refractivity contribution >= 4 is 11.9 Å². The summed E-state index contributed by atoms with van der Waals surface area (Å²) in [4.78, 5) is 22.6. The van der Waals surface area contributed by atoms with Gasteiger partial charge in [-0.1, -0.05) is 6.08 Å². The largest absolute Gasteiger partial charge is 0.458 e. The summed E-state index contributed by atoms with van der Waals surface area (Å²) in [6.07, 6.45) is 2.97. The van der Waals surface area contributed by atoms with Crippen LogP contribution < -0.4 is 5.32 Å². The lowest BCUT2D eigenvalue weighted by atomic mass is 10.2. The number of nitrogens with one attached hydrogen (secondary N) is 1. The molecule has 1 N–H and O–H groups in total. The van der Waals surface area contributed by atoms with E-state index >= 15 is 0 Å². The van der Waals surface area contributed by atoms with Crippen LogP contribution in [-0.2, 0) is 14.3 Å². The third kappa shape index (κ3) is 6.71. The van der Waals surface area contributed by atoms with Crippen molar-refractivity contribution < 1.29 is 14.3 Å². The van der Waals surface area contributed by atoms with Crippen LogP contribution in [0.4, 0.5) is 0 Å². The van der Waals surface area contributed by atoms with Gasteiger partial charge < -0.3 is 10.1 Å². The Morgan fingerprint density at radius 3 is 2.27 bits per heavy atom. The normalized spacial score (nSPS) is 13.7. The van der Waals surface area contributed by atoms with E-state index in [4.69, 9.17) is 4.74 Å². The molecule has 0 radical (unpaired) electrons. The summed E-state index contributed by atoms with van der Waals surface area (Å²) in [6.45, 7) is 8.68. The summed E-state index contributed by atoms with van der Waals surface area (Å²) in [5, 5.41) is 2.50. The van der Waals surface area contributed by atoms with Gasteiger partial charge in [0, 0.05) is 0 Å². The Bertz CT molecular complexity index is 263. The zero-order chi connectivity index (χ0) is 12.1. The van der Waals surface area contributed by atoms with Gasteiger partial charge in [0.05, 0.1) is 0 Å². The number of carbonyl (C=O) groups excluding carboxylic acids is 2. The van der Waals surface area contributed by atoms with Gasteiger partial charge in [-0.3, -0.25) is 4.79 Å². The lowest BCUT2D eigenvalue weighted by Gasteiger charge is -2.22. The zero-order valence-corrected chi connectivity index (χ0v) is 9.96. The van der Waals surface area contributed by atoms with E-state index in [1.807, 2.05) is 0 Å². The highest BCUT2D eigenvalue weighted by molar-refractivity contribution is 5.91. The molecule has 0 aromatic heterocycles. The fourth-order valence-electron chi connectivity index (χ4n) is 0.862. The second-order valence-electron chi connectivity index (χ2n) is 4.26. The fraction of sp³-hybridized carbons (Fsp3) is 0.636. The van der Waals surface area contributed by atoms with E-state index in [9.17, 15) is 9.59 Å². The molecule has 15 heavy (non-hydrogen) atoms. The van der Waals surface area contributed by atoms with Crippen LogP contribution in [0, 0.1) is 0 Å². The van der Waals surface area contributed by atoms with Crippen LogP contribution in [0.2, 0.25) is 0 Å². The molecule has 0 heterocycles. The van der Waals surface area contributed by atoms with Crippen molar-refractivity contribution in [2.45, 2.75) is 46.3 Å². The first-order valence-corrected chi connectivity index (χ1v) is 4.92. The molecule has 0 spiro atoms. The molecule has 4 heteroatoms. The molecule has 0 unspecified atom stereocenters. The van der Waals surface area contributed by atoms with Crippen LogP contribution in [0.15, 0.2) is 12.2 Å². The van der Waals surface area contributed by atoms with Gasteiger partial charge in [0.15, 0.2) is 0 Å². The van der Waals surface area contributed by atoms with Crippen molar-refractivity contribution in [3.63, 3.8) is 0 Å². The molecule has 0 saturated carbocycles. The summed E-state index contributed by atoms with van der Waals surface area (Å²) in [6, 6.07) is -0.632. The molecule has 0 aliphatic rings. The molecule has 1 amide bonds. The van der Waals surface area contributed by atoms with E-state index < -0.39 is 17.6 Å². The van der Waals surface area contributed by atoms with E-state index in [0.29, 0.717) is 0 Å². The maximum absolute atomic E-state index is 11.4. The predicted octanol–water partition coefficient (Wildman–Crippen LogP) is 1.41. The first-order valence-electron chi connectivity index (χ1n) is 4.92. The molecule has 0 fully saturated rings. The zero-order valence-electron chi connectivity index (χ0n) is 9.96. The van der Waals surface area contributed by atoms with E-state index in [1.165, 1.54) is 6.08 Å². The highest BCUT2D eigenvalue weighted by Crippen LogP contribution is 2.08. The van der Waals surface area contributed by atoms with E-state index in [0.717, 1.165) is 0 Å². The molecular formula is C11H19NO3. The third-order valence-corrected chi connectivity index (χ3v) is 1.44. The number of esters is 1. The number of carbonyl (C=O) groups is 2. The van der Waals surface area contributed by atoms with Gasteiger partial charge in [-0.2, -0.15) is 0 Å². The van der Waals surface area contributed by atoms with Crippen LogP contribution in [0.3, 0.4) is 0 Å². The Morgan fingerprint density at radius 2 is 1.87 bits per heavy atom. The maximum Gasteiger partial charge on any atom is 0.328 e. The molecule has 0 bridgehead atoms. The predicted molar refractivity (Wildman–Crippen MR) is 58.3 cm³/mol. The summed E-state index contributed by atoms with van der Waals surface area (Å²) < 4.78 is 5.10. The lowest BCUT2D eigenvalue weighted by molar-refractivity contribution is -0.157. The van der Waals surface area contributed by atoms with Crippen molar-refractivity contribution in [2.24, 2.45) is 0 Å². The van der Waals surface area contributed by atoms with Crippen molar-refractivity contribution in [1.82, 2.24) is 5.32 Å². The summed E-state index contributed by atoms with van der Waals surface area (Å²) in [5.74, 6) is -0.726. The number of allylic oxidation sites excluding steroid dienone is 1. The molecule has 0 rings (SSSR count). The van der Waals surface area contributed by atoms with Crippen LogP contribution >= 0.6 is 0 Å². The van der Waals surface area contributed by atoms with Crippen molar-refractivity contribution in [2.75, 3.05) is 0 Å². The molecule has 0 aliphatic heterocycles. The summed E-state index contributed by atoms with van der Waals surface area (Å²) in [7, 11) is 0. The maximum atomic E-state index is 11.4. The van der Waals surface area contributed by atoms with Gasteiger partial charge in [-0.15, -0.1) is 0 Å². The average Bonchev–Trinajstić information content (AvgIpc) is 2.00. The van der Waals surface area contributed by atoms with E-state index in [-0.39, 0.29) is 5.91 Å². The summed E-state index contributed by atoms with van der Waals surface area (Å²) in [5.41, 5.74) is -0.531. The van der Waals surface area contributed by atoms with Crippen LogP contribution in [0.1, 0.15) is 34.6 Å². The number of ether oxygens (including phenoxy) is 1. The number of rotatable bonds is 3. The van der Waals surface area contributed by atoms with Crippen LogP contribution in [0.25, 0.3) is 0 Å². The van der Waals surface area contributed by atoms with Gasteiger partial charge in [-0.05, 0) is 40.7 Å². The molecule has 0 saturated heterocycles. The van der Waals surface area contributed by atoms with Crippen LogP contribution in [0.5, 0.6) is 0 Å². The van der Waals surface area contributed by atoms with Gasteiger partial charge >= 0.3 is 5.97 Å². The standard InChI is InChI=1S/C11H19NO3/c1-6-7-9(13)12-8(2)10(14)15-11(3,4)5/h6-8H,1-5H3,(H,12,13)/b7-6+/t8-/m1/s1. The Morgan fingerprint density at radius 1 is 1.33 bits per heavy atom. The second-order valence-corrected chi connectivity index (χ2v) is 4.26. The van der Waals surface area contributed by atoms with Gasteiger partial charge in [-0.25, -0.2) is 4.79 Å². The fourth-order valence-corrected chi connectivity index (χ4v) is 0.862. The lowest BCUT2D eigenvalue weighted by Crippen LogP contribution is -2.41. The number of hydrogen-bond donors (Lipinski definition) is 1. The Balaban J connectivity index is 4.16. The van der Waals surface area contributed by atoms with E-state index in [1.54, 1.807) is 40.7 Å². The third-order valence-electron chi connectivity index (χ3n) is 1.44. The summed E-state index contributed by atoms with van der Waals surface area (Å²) >= 11 is 0. The van der Waals surface area contributed by atoms with Crippen molar-refractivity contribution in [3.8, 4) is 0 Å². The Kier molecular flexibility index (Phi) is 5.05. The molecule has 86 valence electrons. The SMILES string of the molecule is C/C=C/C(=O)N[C@H](C)C(=O)OC(C)(C)C. The highest BCUT2D eigenvalue weighted by Gasteiger charge is 2.22. The van der Waals surface area contributed by atoms with Crippen molar-refractivity contribution in [3.05, 3.63) is 12.2 Å². The molecule has 0 aromatic carbocycles. The Labute approximate surface area is 90.7 Å². The first kappa shape index (κ1) is 13.7. The van der Waals surface area contributed by atoms with Gasteiger partial charge in [0.25, 0.3) is 0 Å². The topological polar surface area (TPSA) is 55.4 Å². The second kappa shape index (κ2) is 5.53. The smallest absolute Gasteiger partial charge is 0.328 e.